The number of carbonyl (C=O) groups is 1. The van der Waals surface area contributed by atoms with E-state index in [2.05, 4.69) is 15.9 Å². The number of nitrogens with one attached hydrogen (secondary N) is 1. The lowest BCUT2D eigenvalue weighted by molar-refractivity contribution is -0.242. The molecule has 0 spiro atoms. The molecule has 0 radical (unpaired) electrons. The predicted octanol–water partition coefficient (Wildman–Crippen LogP) is 4.52. The fourth-order valence-electron chi connectivity index (χ4n) is 1.78. The minimum Gasteiger partial charge on any atom is -0.373 e. The van der Waals surface area contributed by atoms with Crippen LogP contribution in [0, 0.1) is 0 Å². The highest BCUT2D eigenvalue weighted by molar-refractivity contribution is 9.10. The molecule has 10 heteroatoms. The molecule has 2 aromatic carbocycles. The van der Waals surface area contributed by atoms with E-state index in [-0.39, 0.29) is 10.7 Å². The zero-order chi connectivity index (χ0) is 19.7. The zero-order valence-electron chi connectivity index (χ0n) is 13.1. The zero-order valence-corrected chi connectivity index (χ0v) is 16.3. The van der Waals surface area contributed by atoms with Gasteiger partial charge in [-0.3, -0.25) is 4.79 Å². The van der Waals surface area contributed by atoms with E-state index < -0.39 is 28.5 Å². The maximum atomic E-state index is 12.7. The van der Waals surface area contributed by atoms with Crippen LogP contribution in [-0.4, -0.2) is 27.0 Å². The molecule has 2 rings (SSSR count). The standard InChI is InChI=1S/C16H12BrClF3NO3S/c1-15(24,16(19,20)21)14(23)22-13-7-6-11(8-12(13)18)26(25)10-4-2-9(17)3-5-10/h2-8,24H,1H3,(H,22,23). The second-order valence-electron chi connectivity index (χ2n) is 5.39. The van der Waals surface area contributed by atoms with Gasteiger partial charge < -0.3 is 10.4 Å². The molecule has 0 heterocycles. The second kappa shape index (κ2) is 7.67. The van der Waals surface area contributed by atoms with Crippen molar-refractivity contribution in [1.29, 1.82) is 0 Å². The molecule has 2 N–H and O–H groups in total. The third-order valence-corrected chi connectivity index (χ3v) is 5.65. The Hall–Kier alpha value is -1.42. The summed E-state index contributed by atoms with van der Waals surface area (Å²) in [6.45, 7) is 0.340. The van der Waals surface area contributed by atoms with Crippen molar-refractivity contribution in [1.82, 2.24) is 0 Å². The molecule has 0 aliphatic rings. The molecule has 140 valence electrons. The molecule has 0 saturated carbocycles. The normalized spacial score (nSPS) is 15.2. The van der Waals surface area contributed by atoms with Crippen LogP contribution in [-0.2, 0) is 15.6 Å². The number of benzene rings is 2. The van der Waals surface area contributed by atoms with Crippen molar-refractivity contribution in [2.75, 3.05) is 5.32 Å². The van der Waals surface area contributed by atoms with Crippen LogP contribution in [0.1, 0.15) is 6.92 Å². The number of alkyl halides is 3. The quantitative estimate of drug-likeness (QED) is 0.690. The molecule has 2 aromatic rings. The maximum Gasteiger partial charge on any atom is 0.426 e. The fourth-order valence-corrected chi connectivity index (χ4v) is 3.41. The minimum absolute atomic E-state index is 0.112. The van der Waals surface area contributed by atoms with Crippen LogP contribution >= 0.6 is 27.5 Å². The van der Waals surface area contributed by atoms with Gasteiger partial charge in [-0.2, -0.15) is 13.2 Å². The summed E-state index contributed by atoms with van der Waals surface area (Å²) in [5.74, 6) is -1.67. The second-order valence-corrected chi connectivity index (χ2v) is 8.19. The van der Waals surface area contributed by atoms with E-state index in [4.69, 9.17) is 11.6 Å². The summed E-state index contributed by atoms with van der Waals surface area (Å²) in [5.41, 5.74) is -3.72. The third-order valence-electron chi connectivity index (χ3n) is 3.42. The van der Waals surface area contributed by atoms with Gasteiger partial charge in [0, 0.05) is 14.3 Å². The number of anilines is 1. The number of rotatable bonds is 4. The lowest BCUT2D eigenvalue weighted by atomic mass is 10.1. The number of hydrogen-bond donors (Lipinski definition) is 2. The van der Waals surface area contributed by atoms with Crippen molar-refractivity contribution in [3.05, 3.63) is 52.0 Å². The van der Waals surface area contributed by atoms with Gasteiger partial charge in [-0.15, -0.1) is 0 Å². The van der Waals surface area contributed by atoms with Crippen molar-refractivity contribution in [2.24, 2.45) is 0 Å². The Labute approximate surface area is 162 Å². The highest BCUT2D eigenvalue weighted by Crippen LogP contribution is 2.33. The number of halogens is 5. The number of aliphatic hydroxyl groups is 1. The topological polar surface area (TPSA) is 66.4 Å². The number of amides is 1. The van der Waals surface area contributed by atoms with Crippen LogP contribution in [0.3, 0.4) is 0 Å². The monoisotopic (exact) mass is 469 g/mol. The minimum atomic E-state index is -5.15. The van der Waals surface area contributed by atoms with Gasteiger partial charge in [-0.1, -0.05) is 27.5 Å². The summed E-state index contributed by atoms with van der Waals surface area (Å²) in [6, 6.07) is 10.6. The molecule has 0 aromatic heterocycles. The van der Waals surface area contributed by atoms with E-state index in [1.165, 1.54) is 18.2 Å². The highest BCUT2D eigenvalue weighted by atomic mass is 79.9. The van der Waals surface area contributed by atoms with Gasteiger partial charge in [-0.05, 0) is 49.4 Å². The van der Waals surface area contributed by atoms with E-state index in [0.29, 0.717) is 16.7 Å². The van der Waals surface area contributed by atoms with Crippen LogP contribution in [0.2, 0.25) is 5.02 Å². The summed E-state index contributed by atoms with van der Waals surface area (Å²) in [4.78, 5) is 12.5. The largest absolute Gasteiger partial charge is 0.426 e. The molecular formula is C16H12BrClF3NO3S. The predicted molar refractivity (Wildman–Crippen MR) is 95.6 cm³/mol. The number of carbonyl (C=O) groups excluding carboxylic acids is 1. The van der Waals surface area contributed by atoms with Crippen LogP contribution < -0.4 is 5.32 Å². The van der Waals surface area contributed by atoms with E-state index in [9.17, 15) is 27.3 Å². The lowest BCUT2D eigenvalue weighted by Gasteiger charge is -2.25. The van der Waals surface area contributed by atoms with E-state index in [0.717, 1.165) is 4.47 Å². The first-order chi connectivity index (χ1) is 11.9. The first-order valence-corrected chi connectivity index (χ1v) is 9.33. The molecule has 2 atom stereocenters. The Kier molecular flexibility index (Phi) is 6.17. The van der Waals surface area contributed by atoms with Crippen molar-refractivity contribution in [3.63, 3.8) is 0 Å². The third kappa shape index (κ3) is 4.46. The van der Waals surface area contributed by atoms with Gasteiger partial charge in [0.25, 0.3) is 5.91 Å². The highest BCUT2D eigenvalue weighted by Gasteiger charge is 2.55. The van der Waals surface area contributed by atoms with Gasteiger partial charge in [0.05, 0.1) is 21.5 Å². The Morgan fingerprint density at radius 3 is 2.19 bits per heavy atom. The average Bonchev–Trinajstić information content (AvgIpc) is 2.55. The lowest BCUT2D eigenvalue weighted by Crippen LogP contribution is -2.52. The fraction of sp³-hybridized carbons (Fsp3) is 0.188. The summed E-state index contributed by atoms with van der Waals surface area (Å²) in [6.07, 6.45) is -5.15. The molecule has 2 unspecified atom stereocenters. The molecule has 4 nitrogen and oxygen atoms in total. The molecule has 0 saturated heterocycles. The molecule has 0 fully saturated rings. The summed E-state index contributed by atoms with van der Waals surface area (Å²) in [7, 11) is -1.56. The van der Waals surface area contributed by atoms with Crippen LogP contribution in [0.5, 0.6) is 0 Å². The van der Waals surface area contributed by atoms with Gasteiger partial charge in [-0.25, -0.2) is 4.21 Å². The molecule has 26 heavy (non-hydrogen) atoms. The SMILES string of the molecule is CC(O)(C(=O)Nc1ccc(S(=O)c2ccc(Br)cc2)cc1Cl)C(F)(F)F. The Morgan fingerprint density at radius 1 is 1.15 bits per heavy atom. The van der Waals surface area contributed by atoms with E-state index in [1.54, 1.807) is 24.3 Å². The van der Waals surface area contributed by atoms with Crippen LogP contribution in [0.25, 0.3) is 0 Å². The van der Waals surface area contributed by atoms with Crippen molar-refractivity contribution < 1.29 is 27.3 Å². The van der Waals surface area contributed by atoms with Crippen molar-refractivity contribution in [2.45, 2.75) is 28.5 Å². The molecule has 1 amide bonds. The first-order valence-electron chi connectivity index (χ1n) is 7.01. The molecule has 0 aliphatic heterocycles. The summed E-state index contributed by atoms with van der Waals surface area (Å²) < 4.78 is 51.4. The summed E-state index contributed by atoms with van der Waals surface area (Å²) >= 11 is 9.24. The van der Waals surface area contributed by atoms with Crippen molar-refractivity contribution >= 4 is 49.9 Å². The van der Waals surface area contributed by atoms with Crippen LogP contribution in [0.15, 0.2) is 56.7 Å². The van der Waals surface area contributed by atoms with E-state index in [1.807, 2.05) is 5.32 Å². The van der Waals surface area contributed by atoms with Gasteiger partial charge in [0.15, 0.2) is 0 Å². The van der Waals surface area contributed by atoms with Crippen molar-refractivity contribution in [3.8, 4) is 0 Å². The molecule has 0 aliphatic carbocycles. The average molecular weight is 471 g/mol. The maximum absolute atomic E-state index is 12.7. The van der Waals surface area contributed by atoms with E-state index >= 15 is 0 Å². The van der Waals surface area contributed by atoms with Gasteiger partial charge >= 0.3 is 6.18 Å². The van der Waals surface area contributed by atoms with Gasteiger partial charge in [0.1, 0.15) is 0 Å². The summed E-state index contributed by atoms with van der Waals surface area (Å²) in [5, 5.41) is 11.2. The van der Waals surface area contributed by atoms with Gasteiger partial charge in [0.2, 0.25) is 5.60 Å². The molecule has 0 bridgehead atoms. The Bertz CT molecular complexity index is 857. The Morgan fingerprint density at radius 2 is 1.69 bits per heavy atom. The Balaban J connectivity index is 2.23. The smallest absolute Gasteiger partial charge is 0.373 e. The molecular weight excluding hydrogens is 459 g/mol. The van der Waals surface area contributed by atoms with Crippen LogP contribution in [0.4, 0.5) is 18.9 Å². The first kappa shape index (κ1) is 20.9. The number of hydrogen-bond acceptors (Lipinski definition) is 3.